The van der Waals surface area contributed by atoms with E-state index in [1.54, 1.807) is 24.3 Å². The molecule has 17 heavy (non-hydrogen) atoms. The van der Waals surface area contributed by atoms with Crippen LogP contribution in [0.2, 0.25) is 0 Å². The zero-order valence-corrected chi connectivity index (χ0v) is 11.2. The molecule has 92 valence electrons. The van der Waals surface area contributed by atoms with Gasteiger partial charge >= 0.3 is 0 Å². The van der Waals surface area contributed by atoms with Gasteiger partial charge in [-0.15, -0.1) is 0 Å². The van der Waals surface area contributed by atoms with Crippen molar-refractivity contribution in [3.05, 3.63) is 29.8 Å². The highest BCUT2D eigenvalue weighted by Gasteiger charge is 2.24. The number of hydrogen-bond acceptors (Lipinski definition) is 2. The van der Waals surface area contributed by atoms with Crippen LogP contribution < -0.4 is 0 Å². The molecule has 0 spiro atoms. The van der Waals surface area contributed by atoms with Gasteiger partial charge in [-0.25, -0.2) is 0 Å². The van der Waals surface area contributed by atoms with E-state index >= 15 is 0 Å². The largest absolute Gasteiger partial charge is 0.507 e. The fourth-order valence-electron chi connectivity index (χ4n) is 2.12. The first-order valence-electron chi connectivity index (χ1n) is 5.85. The van der Waals surface area contributed by atoms with Gasteiger partial charge in [-0.2, -0.15) is 0 Å². The van der Waals surface area contributed by atoms with Crippen molar-refractivity contribution in [1.29, 1.82) is 0 Å². The van der Waals surface area contributed by atoms with E-state index < -0.39 is 0 Å². The number of phenolic OH excluding ortho intramolecular Hbond substituents is 1. The second kappa shape index (κ2) is 5.54. The molecule has 1 aliphatic heterocycles. The lowest BCUT2D eigenvalue weighted by atomic mass is 9.98. The van der Waals surface area contributed by atoms with Gasteiger partial charge in [0.25, 0.3) is 5.91 Å². The van der Waals surface area contributed by atoms with Crippen molar-refractivity contribution in [1.82, 2.24) is 4.90 Å². The van der Waals surface area contributed by atoms with Crippen LogP contribution in [0.5, 0.6) is 5.75 Å². The van der Waals surface area contributed by atoms with Crippen LogP contribution in [0.15, 0.2) is 24.3 Å². The minimum Gasteiger partial charge on any atom is -0.507 e. The van der Waals surface area contributed by atoms with Crippen LogP contribution in [-0.2, 0) is 0 Å². The molecule has 3 nitrogen and oxygen atoms in total. The fraction of sp³-hybridized carbons (Fsp3) is 0.462. The molecule has 0 unspecified atom stereocenters. The predicted octanol–water partition coefficient (Wildman–Crippen LogP) is 2.64. The number of halogens is 1. The van der Waals surface area contributed by atoms with E-state index in [0.29, 0.717) is 11.5 Å². The number of alkyl halides is 1. The number of carbonyl (C=O) groups is 1. The minimum absolute atomic E-state index is 0.0591. The molecule has 1 heterocycles. The summed E-state index contributed by atoms with van der Waals surface area (Å²) in [6, 6.07) is 6.73. The Hall–Kier alpha value is -1.03. The van der Waals surface area contributed by atoms with Gasteiger partial charge in [0, 0.05) is 18.4 Å². The SMILES string of the molecule is O=C(c1ccccc1O)N1CCC(CBr)CC1. The standard InChI is InChI=1S/C13H16BrNO2/c14-9-10-5-7-15(8-6-10)13(17)11-3-1-2-4-12(11)16/h1-4,10,16H,5-9H2. The average Bonchev–Trinajstić information content (AvgIpc) is 2.39. The maximum absolute atomic E-state index is 12.2. The van der Waals surface area contributed by atoms with Gasteiger partial charge < -0.3 is 10.0 Å². The summed E-state index contributed by atoms with van der Waals surface area (Å²) in [7, 11) is 0. The Morgan fingerprint density at radius 2 is 2.00 bits per heavy atom. The second-order valence-corrected chi connectivity index (χ2v) is 5.05. The number of benzene rings is 1. The summed E-state index contributed by atoms with van der Waals surface area (Å²) in [4.78, 5) is 14.0. The first-order valence-corrected chi connectivity index (χ1v) is 6.97. The average molecular weight is 298 g/mol. The van der Waals surface area contributed by atoms with E-state index in [9.17, 15) is 9.90 Å². The molecule has 4 heteroatoms. The Morgan fingerprint density at radius 1 is 1.35 bits per heavy atom. The molecule has 1 aromatic carbocycles. The van der Waals surface area contributed by atoms with Crippen LogP contribution in [0.4, 0.5) is 0 Å². The summed E-state index contributed by atoms with van der Waals surface area (Å²) in [5.74, 6) is 0.680. The van der Waals surface area contributed by atoms with Gasteiger partial charge in [0.15, 0.2) is 0 Å². The summed E-state index contributed by atoms with van der Waals surface area (Å²) < 4.78 is 0. The van der Waals surface area contributed by atoms with Gasteiger partial charge in [-0.05, 0) is 30.9 Å². The molecule has 1 aromatic rings. The fourth-order valence-corrected chi connectivity index (χ4v) is 2.76. The van der Waals surface area contributed by atoms with Gasteiger partial charge in [-0.3, -0.25) is 4.79 Å². The van der Waals surface area contributed by atoms with Crippen molar-refractivity contribution in [2.45, 2.75) is 12.8 Å². The molecular weight excluding hydrogens is 282 g/mol. The summed E-state index contributed by atoms with van der Waals surface area (Å²) in [5.41, 5.74) is 0.407. The number of carbonyl (C=O) groups excluding carboxylic acids is 1. The van der Waals surface area contributed by atoms with Gasteiger partial charge in [0.05, 0.1) is 5.56 Å². The molecule has 1 fully saturated rings. The zero-order chi connectivity index (χ0) is 12.3. The van der Waals surface area contributed by atoms with Crippen molar-refractivity contribution in [3.8, 4) is 5.75 Å². The Kier molecular flexibility index (Phi) is 4.05. The summed E-state index contributed by atoms with van der Waals surface area (Å²) in [6.45, 7) is 1.56. The lowest BCUT2D eigenvalue weighted by molar-refractivity contribution is 0.0696. The quantitative estimate of drug-likeness (QED) is 0.853. The van der Waals surface area contributed by atoms with Crippen LogP contribution in [0.3, 0.4) is 0 Å². The lowest BCUT2D eigenvalue weighted by Crippen LogP contribution is -2.38. The van der Waals surface area contributed by atoms with Crippen LogP contribution in [0, 0.1) is 5.92 Å². The molecule has 0 atom stereocenters. The summed E-state index contributed by atoms with van der Waals surface area (Å²) in [6.07, 6.45) is 2.06. The first kappa shape index (κ1) is 12.4. The molecule has 0 bridgehead atoms. The number of likely N-dealkylation sites (tertiary alicyclic amines) is 1. The number of piperidine rings is 1. The molecule has 1 aliphatic rings. The summed E-state index contributed by atoms with van der Waals surface area (Å²) >= 11 is 3.48. The Morgan fingerprint density at radius 3 is 2.59 bits per heavy atom. The first-order chi connectivity index (χ1) is 8.22. The van der Waals surface area contributed by atoms with E-state index in [0.717, 1.165) is 31.3 Å². The number of amides is 1. The van der Waals surface area contributed by atoms with Crippen molar-refractivity contribution in [2.24, 2.45) is 5.92 Å². The van der Waals surface area contributed by atoms with Crippen LogP contribution in [0.25, 0.3) is 0 Å². The topological polar surface area (TPSA) is 40.5 Å². The molecule has 0 radical (unpaired) electrons. The van der Waals surface area contributed by atoms with E-state index in [2.05, 4.69) is 15.9 Å². The molecule has 1 saturated heterocycles. The number of phenols is 1. The maximum Gasteiger partial charge on any atom is 0.257 e. The maximum atomic E-state index is 12.2. The highest BCUT2D eigenvalue weighted by Crippen LogP contribution is 2.23. The molecule has 1 N–H and O–H groups in total. The third kappa shape index (κ3) is 2.80. The van der Waals surface area contributed by atoms with Gasteiger partial charge in [0.1, 0.15) is 5.75 Å². The van der Waals surface area contributed by atoms with Crippen molar-refractivity contribution in [2.75, 3.05) is 18.4 Å². The highest BCUT2D eigenvalue weighted by molar-refractivity contribution is 9.09. The minimum atomic E-state index is -0.0591. The zero-order valence-electron chi connectivity index (χ0n) is 9.60. The molecule has 0 saturated carbocycles. The molecule has 1 amide bonds. The Balaban J connectivity index is 2.04. The predicted molar refractivity (Wildman–Crippen MR) is 70.5 cm³/mol. The summed E-state index contributed by atoms with van der Waals surface area (Å²) in [5, 5.41) is 10.7. The number of nitrogens with zero attached hydrogens (tertiary/aromatic N) is 1. The second-order valence-electron chi connectivity index (χ2n) is 4.41. The molecular formula is C13H16BrNO2. The molecule has 2 rings (SSSR count). The highest BCUT2D eigenvalue weighted by atomic mass is 79.9. The van der Waals surface area contributed by atoms with E-state index in [4.69, 9.17) is 0 Å². The van der Waals surface area contributed by atoms with Crippen molar-refractivity contribution < 1.29 is 9.90 Å². The van der Waals surface area contributed by atoms with Crippen molar-refractivity contribution >= 4 is 21.8 Å². The normalized spacial score (nSPS) is 17.1. The van der Waals surface area contributed by atoms with Crippen LogP contribution >= 0.6 is 15.9 Å². The molecule has 0 aromatic heterocycles. The van der Waals surface area contributed by atoms with Gasteiger partial charge in [0.2, 0.25) is 0 Å². The third-order valence-corrected chi connectivity index (χ3v) is 4.17. The Labute approximate surface area is 110 Å². The third-order valence-electron chi connectivity index (χ3n) is 3.25. The number of rotatable bonds is 2. The number of para-hydroxylation sites is 1. The van der Waals surface area contributed by atoms with E-state index in [1.165, 1.54) is 0 Å². The smallest absolute Gasteiger partial charge is 0.257 e. The number of aromatic hydroxyl groups is 1. The molecule has 0 aliphatic carbocycles. The van der Waals surface area contributed by atoms with E-state index in [-0.39, 0.29) is 11.7 Å². The lowest BCUT2D eigenvalue weighted by Gasteiger charge is -2.31. The van der Waals surface area contributed by atoms with Crippen LogP contribution in [-0.4, -0.2) is 34.3 Å². The van der Waals surface area contributed by atoms with Gasteiger partial charge in [-0.1, -0.05) is 28.1 Å². The van der Waals surface area contributed by atoms with Crippen LogP contribution in [0.1, 0.15) is 23.2 Å². The number of hydrogen-bond donors (Lipinski definition) is 1. The Bertz CT molecular complexity index is 400. The van der Waals surface area contributed by atoms with E-state index in [1.807, 2.05) is 4.90 Å². The monoisotopic (exact) mass is 297 g/mol. The van der Waals surface area contributed by atoms with Crippen molar-refractivity contribution in [3.63, 3.8) is 0 Å².